The lowest BCUT2D eigenvalue weighted by Crippen LogP contribution is -2.36. The Morgan fingerprint density at radius 2 is 1.48 bits per heavy atom. The van der Waals surface area contributed by atoms with Gasteiger partial charge in [-0.15, -0.1) is 0 Å². The van der Waals surface area contributed by atoms with Gasteiger partial charge in [0.25, 0.3) is 10.0 Å². The van der Waals surface area contributed by atoms with E-state index in [1.165, 1.54) is 14.7 Å². The van der Waals surface area contributed by atoms with E-state index in [1.807, 2.05) is 6.92 Å². The Kier molecular flexibility index (Phi) is 5.52. The molecule has 6 nitrogen and oxygen atoms in total. The topological polar surface area (TPSA) is 74.8 Å². The van der Waals surface area contributed by atoms with Crippen LogP contribution in [0.15, 0.2) is 56.7 Å². The average molecular weight is 499 g/mol. The van der Waals surface area contributed by atoms with E-state index in [2.05, 4.69) is 15.9 Å². The number of hydrogen-bond acceptors (Lipinski definition) is 4. The van der Waals surface area contributed by atoms with Gasteiger partial charge in [0.1, 0.15) is 0 Å². The van der Waals surface area contributed by atoms with Crippen LogP contribution in [0.5, 0.6) is 0 Å². The predicted molar refractivity (Wildman–Crippen MR) is 116 cm³/mol. The molecule has 9 heteroatoms. The molecule has 2 aromatic carbocycles. The molecule has 4 rings (SSSR count). The van der Waals surface area contributed by atoms with Gasteiger partial charge in [-0.3, -0.25) is 4.31 Å². The van der Waals surface area contributed by atoms with Crippen molar-refractivity contribution in [2.45, 2.75) is 48.4 Å². The summed E-state index contributed by atoms with van der Waals surface area (Å²) in [6.07, 6.45) is 3.28. The molecular weight excluding hydrogens is 476 g/mol. The molecule has 0 amide bonds. The van der Waals surface area contributed by atoms with Gasteiger partial charge in [-0.05, 0) is 74.2 Å². The van der Waals surface area contributed by atoms with Crippen molar-refractivity contribution >= 4 is 41.7 Å². The van der Waals surface area contributed by atoms with Crippen LogP contribution in [0.1, 0.15) is 31.7 Å². The Bertz CT molecular complexity index is 1130. The van der Waals surface area contributed by atoms with Crippen LogP contribution >= 0.6 is 15.9 Å². The first-order valence-corrected chi connectivity index (χ1v) is 13.3. The van der Waals surface area contributed by atoms with E-state index in [0.29, 0.717) is 25.2 Å². The number of fused-ring (bicyclic) bond motifs is 1. The Morgan fingerprint density at radius 3 is 2.14 bits per heavy atom. The van der Waals surface area contributed by atoms with Crippen LogP contribution in [-0.2, 0) is 26.5 Å². The van der Waals surface area contributed by atoms with Gasteiger partial charge in [0.15, 0.2) is 0 Å². The van der Waals surface area contributed by atoms with E-state index in [0.717, 1.165) is 29.3 Å². The molecule has 0 N–H and O–H groups in total. The van der Waals surface area contributed by atoms with Crippen molar-refractivity contribution in [1.82, 2.24) is 4.31 Å². The minimum Gasteiger partial charge on any atom is -0.263 e. The number of benzene rings is 2. The molecule has 1 fully saturated rings. The van der Waals surface area contributed by atoms with Gasteiger partial charge in [-0.2, -0.15) is 4.31 Å². The molecule has 0 bridgehead atoms. The summed E-state index contributed by atoms with van der Waals surface area (Å²) in [5.74, 6) is 0. The lowest BCUT2D eigenvalue weighted by atomic mass is 10.1. The van der Waals surface area contributed by atoms with Crippen molar-refractivity contribution in [3.63, 3.8) is 0 Å². The second-order valence-electron chi connectivity index (χ2n) is 7.56. The smallest absolute Gasteiger partial charge is 0.263 e. The second-order valence-corrected chi connectivity index (χ2v) is 12.2. The van der Waals surface area contributed by atoms with Crippen molar-refractivity contribution in [2.24, 2.45) is 0 Å². The summed E-state index contributed by atoms with van der Waals surface area (Å²) in [4.78, 5) is 0.457. The third-order valence-corrected chi connectivity index (χ3v) is 9.89. The number of rotatable bonds is 4. The molecule has 0 saturated carbocycles. The van der Waals surface area contributed by atoms with Gasteiger partial charge in [0.2, 0.25) is 10.0 Å². The van der Waals surface area contributed by atoms with E-state index in [4.69, 9.17) is 0 Å². The van der Waals surface area contributed by atoms with E-state index in [9.17, 15) is 16.8 Å². The maximum Gasteiger partial charge on any atom is 0.264 e. The Labute approximate surface area is 180 Å². The minimum absolute atomic E-state index is 0.213. The second kappa shape index (κ2) is 7.68. The predicted octanol–water partition coefficient (Wildman–Crippen LogP) is 3.76. The van der Waals surface area contributed by atoms with Crippen LogP contribution in [0.25, 0.3) is 0 Å². The fourth-order valence-corrected chi connectivity index (χ4v) is 7.61. The van der Waals surface area contributed by atoms with Crippen LogP contribution in [0.4, 0.5) is 5.69 Å². The molecular formula is C20H23BrN2O4S2. The molecule has 0 radical (unpaired) electrons. The van der Waals surface area contributed by atoms with Gasteiger partial charge in [0, 0.05) is 23.6 Å². The fraction of sp³-hybridized carbons (Fsp3) is 0.400. The largest absolute Gasteiger partial charge is 0.264 e. The highest BCUT2D eigenvalue weighted by molar-refractivity contribution is 9.10. The quantitative estimate of drug-likeness (QED) is 0.642. The maximum absolute atomic E-state index is 13.2. The van der Waals surface area contributed by atoms with E-state index < -0.39 is 20.0 Å². The van der Waals surface area contributed by atoms with Crippen LogP contribution in [-0.4, -0.2) is 40.3 Å². The van der Waals surface area contributed by atoms with Gasteiger partial charge < -0.3 is 0 Å². The van der Waals surface area contributed by atoms with Crippen molar-refractivity contribution in [3.05, 3.63) is 52.5 Å². The molecule has 2 heterocycles. The molecule has 0 unspecified atom stereocenters. The summed E-state index contributed by atoms with van der Waals surface area (Å²) in [5, 5.41) is 0. The van der Waals surface area contributed by atoms with Crippen LogP contribution < -0.4 is 4.31 Å². The van der Waals surface area contributed by atoms with Crippen LogP contribution in [0.3, 0.4) is 0 Å². The summed E-state index contributed by atoms with van der Waals surface area (Å²) >= 11 is 3.32. The number of hydrogen-bond donors (Lipinski definition) is 0. The van der Waals surface area contributed by atoms with Gasteiger partial charge in [0.05, 0.1) is 15.5 Å². The summed E-state index contributed by atoms with van der Waals surface area (Å²) < 4.78 is 56.2. The fourth-order valence-electron chi connectivity index (χ4n) is 4.08. The van der Waals surface area contributed by atoms with Crippen molar-refractivity contribution in [2.75, 3.05) is 17.4 Å². The van der Waals surface area contributed by atoms with Gasteiger partial charge in [-0.1, -0.05) is 22.4 Å². The standard InChI is InChI=1S/C20H23BrN2O4S2/c1-15-13-16-14-19(28(24,25)22-11-3-2-4-12-22)9-10-20(16)23(15)29(26,27)18-7-5-17(21)6-8-18/h5-10,14-15H,2-4,11-13H2,1H3/t15-/m1/s1. The summed E-state index contributed by atoms with van der Waals surface area (Å²) in [6, 6.07) is 11.1. The number of piperidine rings is 1. The molecule has 2 aromatic rings. The number of nitrogens with zero attached hydrogens (tertiary/aromatic N) is 2. The van der Waals surface area contributed by atoms with E-state index >= 15 is 0 Å². The van der Waals surface area contributed by atoms with E-state index in [1.54, 1.807) is 36.4 Å². The van der Waals surface area contributed by atoms with Crippen molar-refractivity contribution < 1.29 is 16.8 Å². The first kappa shape index (κ1) is 20.8. The number of sulfonamides is 2. The first-order chi connectivity index (χ1) is 13.7. The zero-order valence-corrected chi connectivity index (χ0v) is 19.3. The molecule has 29 heavy (non-hydrogen) atoms. The number of halogens is 1. The SMILES string of the molecule is C[C@@H]1Cc2cc(S(=O)(=O)N3CCCCC3)ccc2N1S(=O)(=O)c1ccc(Br)cc1. The highest BCUT2D eigenvalue weighted by Crippen LogP contribution is 2.38. The molecule has 0 spiro atoms. The highest BCUT2D eigenvalue weighted by atomic mass is 79.9. The lowest BCUT2D eigenvalue weighted by molar-refractivity contribution is 0.346. The third kappa shape index (κ3) is 3.73. The first-order valence-electron chi connectivity index (χ1n) is 9.64. The number of anilines is 1. The average Bonchev–Trinajstić information content (AvgIpc) is 3.04. The van der Waals surface area contributed by atoms with Crippen LogP contribution in [0, 0.1) is 0 Å². The summed E-state index contributed by atoms with van der Waals surface area (Å²) in [7, 11) is -7.29. The zero-order chi connectivity index (χ0) is 20.8. The summed E-state index contributed by atoms with van der Waals surface area (Å²) in [5.41, 5.74) is 1.30. The molecule has 2 aliphatic heterocycles. The van der Waals surface area contributed by atoms with Crippen molar-refractivity contribution in [3.8, 4) is 0 Å². The Balaban J connectivity index is 1.70. The Morgan fingerprint density at radius 1 is 0.862 bits per heavy atom. The van der Waals surface area contributed by atoms with Gasteiger partial charge >= 0.3 is 0 Å². The monoisotopic (exact) mass is 498 g/mol. The highest BCUT2D eigenvalue weighted by Gasteiger charge is 2.37. The molecule has 0 aromatic heterocycles. The molecule has 156 valence electrons. The molecule has 1 saturated heterocycles. The Hall–Kier alpha value is -1.42. The molecule has 1 atom stereocenters. The maximum atomic E-state index is 13.2. The van der Waals surface area contributed by atoms with Gasteiger partial charge in [-0.25, -0.2) is 16.8 Å². The molecule has 0 aliphatic carbocycles. The van der Waals surface area contributed by atoms with Crippen LogP contribution in [0.2, 0.25) is 0 Å². The van der Waals surface area contributed by atoms with E-state index in [-0.39, 0.29) is 15.8 Å². The minimum atomic E-state index is -3.73. The molecule has 2 aliphatic rings. The normalized spacial score (nSPS) is 20.6. The third-order valence-electron chi connectivity index (χ3n) is 5.53. The van der Waals surface area contributed by atoms with Crippen molar-refractivity contribution in [1.29, 1.82) is 0 Å². The zero-order valence-electron chi connectivity index (χ0n) is 16.1. The summed E-state index contributed by atoms with van der Waals surface area (Å²) in [6.45, 7) is 2.93. The lowest BCUT2D eigenvalue weighted by Gasteiger charge is -2.26.